The summed E-state index contributed by atoms with van der Waals surface area (Å²) in [5, 5.41) is 4.40. The normalized spacial score (nSPS) is 24.6. The van der Waals surface area contributed by atoms with Crippen molar-refractivity contribution < 1.29 is 8.42 Å². The number of hydrogen-bond donors (Lipinski definition) is 3. The maximum absolute atomic E-state index is 11.9. The Morgan fingerprint density at radius 1 is 1.34 bits per heavy atom. The van der Waals surface area contributed by atoms with Gasteiger partial charge in [0.2, 0.25) is 10.0 Å². The number of nitrogens with one attached hydrogen (secondary N) is 2. The molecule has 1 heterocycles. The molecule has 1 unspecified atom stereocenters. The van der Waals surface area contributed by atoms with Crippen molar-refractivity contribution in [3.63, 3.8) is 0 Å². The first-order valence-corrected chi connectivity index (χ1v) is 12.4. The number of rotatable bonds is 8. The highest BCUT2D eigenvalue weighted by atomic mass is 35.5. The lowest BCUT2D eigenvalue weighted by atomic mass is 9.58. The van der Waals surface area contributed by atoms with Crippen LogP contribution < -0.4 is 15.8 Å². The molecular formula is C21H31ClN4O2S. The number of hydrogen-bond acceptors (Lipinski definition) is 5. The van der Waals surface area contributed by atoms with Crippen LogP contribution in [0.15, 0.2) is 41.0 Å². The minimum atomic E-state index is -3.22. The molecule has 0 spiro atoms. The van der Waals surface area contributed by atoms with Crippen LogP contribution in [0.3, 0.4) is 0 Å². The van der Waals surface area contributed by atoms with Gasteiger partial charge in [-0.25, -0.2) is 13.1 Å². The van der Waals surface area contributed by atoms with Gasteiger partial charge in [0.05, 0.1) is 24.1 Å². The maximum Gasteiger partial charge on any atom is 0.211 e. The molecule has 29 heavy (non-hydrogen) atoms. The van der Waals surface area contributed by atoms with Crippen LogP contribution in [-0.4, -0.2) is 45.6 Å². The molecule has 1 atom stereocenters. The van der Waals surface area contributed by atoms with Crippen molar-refractivity contribution in [2.45, 2.75) is 50.5 Å². The van der Waals surface area contributed by atoms with Crippen molar-refractivity contribution in [2.75, 3.05) is 25.4 Å². The second-order valence-corrected chi connectivity index (χ2v) is 10.2. The Morgan fingerprint density at radius 3 is 2.66 bits per heavy atom. The number of sulfonamides is 1. The average molecular weight is 439 g/mol. The Bertz CT molecular complexity index is 861. The fraction of sp³-hybridized carbons (Fsp3) is 0.571. The lowest BCUT2D eigenvalue weighted by Crippen LogP contribution is -2.59. The predicted octanol–water partition coefficient (Wildman–Crippen LogP) is 2.74. The summed E-state index contributed by atoms with van der Waals surface area (Å²) < 4.78 is 26.4. The van der Waals surface area contributed by atoms with Crippen LogP contribution in [0, 0.1) is 0 Å². The molecule has 1 saturated heterocycles. The van der Waals surface area contributed by atoms with Gasteiger partial charge in [0.25, 0.3) is 0 Å². The molecule has 1 aliphatic heterocycles. The van der Waals surface area contributed by atoms with Crippen molar-refractivity contribution in [1.29, 1.82) is 0 Å². The average Bonchev–Trinajstić information content (AvgIpc) is 2.66. The minimum absolute atomic E-state index is 0.0280. The highest BCUT2D eigenvalue weighted by Crippen LogP contribution is 2.48. The molecule has 4 N–H and O–H groups in total. The fourth-order valence-corrected chi connectivity index (χ4v) is 5.59. The number of piperidine rings is 1. The largest absolute Gasteiger partial charge is 0.404 e. The first kappa shape index (κ1) is 22.3. The Balaban J connectivity index is 1.82. The smallest absolute Gasteiger partial charge is 0.211 e. The van der Waals surface area contributed by atoms with Crippen LogP contribution >= 0.6 is 11.6 Å². The van der Waals surface area contributed by atoms with E-state index in [4.69, 9.17) is 22.3 Å². The zero-order valence-corrected chi connectivity index (χ0v) is 18.5. The van der Waals surface area contributed by atoms with Crippen LogP contribution in [0.2, 0.25) is 5.02 Å². The third kappa shape index (κ3) is 5.02. The molecule has 1 saturated carbocycles. The summed E-state index contributed by atoms with van der Waals surface area (Å²) in [4.78, 5) is 4.82. The van der Waals surface area contributed by atoms with Crippen molar-refractivity contribution >= 4 is 27.3 Å². The van der Waals surface area contributed by atoms with E-state index in [1.165, 1.54) is 12.0 Å². The summed E-state index contributed by atoms with van der Waals surface area (Å²) in [6, 6.07) is 8.17. The van der Waals surface area contributed by atoms with Gasteiger partial charge in [-0.1, -0.05) is 37.1 Å². The van der Waals surface area contributed by atoms with Crippen molar-refractivity contribution in [3.05, 3.63) is 46.6 Å². The van der Waals surface area contributed by atoms with Crippen LogP contribution in [0.25, 0.3) is 0 Å². The molecule has 0 radical (unpaired) electrons. The van der Waals surface area contributed by atoms with Crippen molar-refractivity contribution in [3.8, 4) is 0 Å². The summed E-state index contributed by atoms with van der Waals surface area (Å²) in [5.41, 5.74) is 9.17. The van der Waals surface area contributed by atoms with Gasteiger partial charge in [0, 0.05) is 17.0 Å². The molecule has 160 valence electrons. The molecule has 1 aromatic rings. The maximum atomic E-state index is 11.9. The molecule has 8 heteroatoms. The van der Waals surface area contributed by atoms with Crippen LogP contribution in [0.4, 0.5) is 0 Å². The van der Waals surface area contributed by atoms with E-state index in [-0.39, 0.29) is 17.2 Å². The molecule has 1 aromatic carbocycles. The summed E-state index contributed by atoms with van der Waals surface area (Å²) in [7, 11) is -3.22. The summed E-state index contributed by atoms with van der Waals surface area (Å²) in [6.45, 7) is 3.39. The second kappa shape index (κ2) is 9.60. The molecular weight excluding hydrogens is 408 g/mol. The molecule has 0 bridgehead atoms. The topological polar surface area (TPSA) is 96.6 Å². The number of nitrogens with zero attached hydrogens (tertiary/aromatic N) is 1. The molecule has 2 fully saturated rings. The highest BCUT2D eigenvalue weighted by molar-refractivity contribution is 7.89. The SMILES string of the molecule is CCCS(=O)(=O)NCCN=C1C(=CN)CCNC1C1(c2ccc(Cl)cc2)CCC1. The summed E-state index contributed by atoms with van der Waals surface area (Å²) in [5.74, 6) is 0.140. The van der Waals surface area contributed by atoms with Crippen LogP contribution in [-0.2, 0) is 15.4 Å². The van der Waals surface area contributed by atoms with Gasteiger partial charge >= 0.3 is 0 Å². The predicted molar refractivity (Wildman–Crippen MR) is 120 cm³/mol. The zero-order valence-electron chi connectivity index (χ0n) is 17.0. The molecule has 1 aliphatic carbocycles. The molecule has 0 amide bonds. The van der Waals surface area contributed by atoms with Gasteiger partial charge in [-0.2, -0.15) is 0 Å². The third-order valence-corrected chi connectivity index (χ3v) is 7.79. The fourth-order valence-electron chi connectivity index (χ4n) is 4.38. The van der Waals surface area contributed by atoms with E-state index in [9.17, 15) is 8.42 Å². The van der Waals surface area contributed by atoms with Gasteiger partial charge in [0.1, 0.15) is 0 Å². The number of aliphatic imine (C=N–C) groups is 1. The van der Waals surface area contributed by atoms with Gasteiger partial charge in [0.15, 0.2) is 0 Å². The van der Waals surface area contributed by atoms with E-state index in [2.05, 4.69) is 22.2 Å². The van der Waals surface area contributed by atoms with E-state index >= 15 is 0 Å². The molecule has 6 nitrogen and oxygen atoms in total. The second-order valence-electron chi connectivity index (χ2n) is 7.83. The third-order valence-electron chi connectivity index (χ3n) is 5.95. The van der Waals surface area contributed by atoms with E-state index in [1.54, 1.807) is 6.20 Å². The Hall–Kier alpha value is -1.41. The first-order valence-electron chi connectivity index (χ1n) is 10.3. The lowest BCUT2D eigenvalue weighted by Gasteiger charge is -2.50. The van der Waals surface area contributed by atoms with E-state index < -0.39 is 10.0 Å². The van der Waals surface area contributed by atoms with Crippen molar-refractivity contribution in [2.24, 2.45) is 10.7 Å². The Kier molecular flexibility index (Phi) is 7.37. The number of halogens is 1. The van der Waals surface area contributed by atoms with Crippen LogP contribution in [0.1, 0.15) is 44.6 Å². The van der Waals surface area contributed by atoms with E-state index in [1.807, 2.05) is 19.1 Å². The lowest BCUT2D eigenvalue weighted by molar-refractivity contribution is 0.202. The van der Waals surface area contributed by atoms with E-state index in [0.29, 0.717) is 19.5 Å². The molecule has 3 rings (SSSR count). The van der Waals surface area contributed by atoms with Gasteiger partial charge in [-0.3, -0.25) is 4.99 Å². The summed E-state index contributed by atoms with van der Waals surface area (Å²) >= 11 is 6.11. The minimum Gasteiger partial charge on any atom is -0.404 e. The monoisotopic (exact) mass is 438 g/mol. The standard InChI is InChI=1S/C21H31ClN4O2S/c1-2-14-29(27,28)26-13-12-24-19-16(15-23)8-11-25-20(19)21(9-3-10-21)17-4-6-18(22)7-5-17/h4-7,15,20,25-26H,2-3,8-14,23H2,1H3. The van der Waals surface area contributed by atoms with Gasteiger partial charge in [-0.15, -0.1) is 0 Å². The van der Waals surface area contributed by atoms with Gasteiger partial charge in [-0.05, 0) is 61.7 Å². The molecule has 0 aromatic heterocycles. The van der Waals surface area contributed by atoms with E-state index in [0.717, 1.165) is 42.1 Å². The highest BCUT2D eigenvalue weighted by Gasteiger charge is 2.48. The number of nitrogens with two attached hydrogens (primary N) is 1. The molecule has 2 aliphatic rings. The number of benzene rings is 1. The quantitative estimate of drug-likeness (QED) is 0.543. The van der Waals surface area contributed by atoms with Crippen molar-refractivity contribution in [1.82, 2.24) is 10.0 Å². The Labute approximate surface area is 179 Å². The van der Waals surface area contributed by atoms with Gasteiger partial charge < -0.3 is 11.1 Å². The first-order chi connectivity index (χ1) is 13.9. The van der Waals surface area contributed by atoms with Crippen LogP contribution in [0.5, 0.6) is 0 Å². The Morgan fingerprint density at radius 2 is 2.07 bits per heavy atom. The zero-order chi connectivity index (χ0) is 20.9. The summed E-state index contributed by atoms with van der Waals surface area (Å²) in [6.07, 6.45) is 6.40.